The Morgan fingerprint density at radius 1 is 1.27 bits per heavy atom. The predicted molar refractivity (Wildman–Crippen MR) is 97.1 cm³/mol. The molecule has 0 radical (unpaired) electrons. The van der Waals surface area contributed by atoms with Gasteiger partial charge in [0.05, 0.1) is 18.0 Å². The van der Waals surface area contributed by atoms with Crippen LogP contribution in [0.4, 0.5) is 5.69 Å². The minimum absolute atomic E-state index is 0.000169. The maximum absolute atomic E-state index is 12.3. The molecule has 1 aromatic heterocycles. The largest absolute Gasteiger partial charge is 0.482 e. The summed E-state index contributed by atoms with van der Waals surface area (Å²) in [6.07, 6.45) is 1.84. The molecule has 7 nitrogen and oxygen atoms in total. The Morgan fingerprint density at radius 3 is 2.81 bits per heavy atom. The minimum atomic E-state index is -0.141. The van der Waals surface area contributed by atoms with Crippen molar-refractivity contribution < 1.29 is 18.7 Å². The summed E-state index contributed by atoms with van der Waals surface area (Å²) in [5, 5.41) is 2.92. The topological polar surface area (TPSA) is 75.0 Å². The van der Waals surface area contributed by atoms with Crippen LogP contribution in [0.5, 0.6) is 5.75 Å². The number of carbonyl (C=O) groups is 2. The van der Waals surface area contributed by atoms with E-state index in [1.54, 1.807) is 11.2 Å². The lowest BCUT2D eigenvalue weighted by Gasteiger charge is -2.29. The normalized spacial score (nSPS) is 14.7. The molecule has 0 spiro atoms. The summed E-state index contributed by atoms with van der Waals surface area (Å²) < 4.78 is 10.8. The minimum Gasteiger partial charge on any atom is -0.482 e. The van der Waals surface area contributed by atoms with E-state index >= 15 is 0 Å². The number of nitrogens with one attached hydrogen (secondary N) is 1. The van der Waals surface area contributed by atoms with Crippen LogP contribution in [0.3, 0.4) is 0 Å². The second-order valence-corrected chi connectivity index (χ2v) is 6.35. The van der Waals surface area contributed by atoms with Crippen molar-refractivity contribution in [3.8, 4) is 5.75 Å². The summed E-state index contributed by atoms with van der Waals surface area (Å²) in [6, 6.07) is 11.0. The quantitative estimate of drug-likeness (QED) is 0.818. The second-order valence-electron chi connectivity index (χ2n) is 6.35. The fraction of sp³-hybridized carbons (Fsp3) is 0.368. The zero-order valence-corrected chi connectivity index (χ0v) is 15.0. The maximum Gasteiger partial charge on any atom is 0.265 e. The van der Waals surface area contributed by atoms with Crippen molar-refractivity contribution >= 4 is 17.5 Å². The molecule has 0 bridgehead atoms. The van der Waals surface area contributed by atoms with Crippen molar-refractivity contribution in [3.05, 3.63) is 48.4 Å². The van der Waals surface area contributed by atoms with Gasteiger partial charge in [-0.05, 0) is 38.4 Å². The molecule has 1 unspecified atom stereocenters. The highest BCUT2D eigenvalue weighted by atomic mass is 16.5. The van der Waals surface area contributed by atoms with Crippen LogP contribution in [-0.2, 0) is 9.59 Å². The summed E-state index contributed by atoms with van der Waals surface area (Å²) in [5.41, 5.74) is 0.707. The van der Waals surface area contributed by atoms with Gasteiger partial charge in [-0.3, -0.25) is 14.5 Å². The molecule has 1 aliphatic heterocycles. The van der Waals surface area contributed by atoms with E-state index in [1.807, 2.05) is 55.4 Å². The fourth-order valence-corrected chi connectivity index (χ4v) is 2.93. The van der Waals surface area contributed by atoms with Crippen LogP contribution in [0, 0.1) is 0 Å². The number of hydrogen-bond acceptors (Lipinski definition) is 5. The molecule has 1 aromatic carbocycles. The third-order valence-electron chi connectivity index (χ3n) is 4.36. The predicted octanol–water partition coefficient (Wildman–Crippen LogP) is 1.81. The number of fused-ring (bicyclic) bond motifs is 1. The van der Waals surface area contributed by atoms with Crippen molar-refractivity contribution in [2.45, 2.75) is 12.5 Å². The Morgan fingerprint density at radius 2 is 2.08 bits per heavy atom. The van der Waals surface area contributed by atoms with Crippen LogP contribution in [-0.4, -0.2) is 50.5 Å². The van der Waals surface area contributed by atoms with Gasteiger partial charge in [-0.2, -0.15) is 0 Å². The van der Waals surface area contributed by atoms with E-state index in [-0.39, 0.29) is 30.9 Å². The highest BCUT2D eigenvalue weighted by Gasteiger charge is 2.25. The number of anilines is 1. The maximum atomic E-state index is 12.3. The molecule has 0 aliphatic carbocycles. The van der Waals surface area contributed by atoms with E-state index in [4.69, 9.17) is 9.15 Å². The lowest BCUT2D eigenvalue weighted by molar-refractivity contribution is -0.122. The van der Waals surface area contributed by atoms with Gasteiger partial charge in [0.1, 0.15) is 11.5 Å². The van der Waals surface area contributed by atoms with Crippen LogP contribution < -0.4 is 15.0 Å². The number of para-hydroxylation sites is 2. The van der Waals surface area contributed by atoms with Gasteiger partial charge in [0.15, 0.2) is 6.61 Å². The van der Waals surface area contributed by atoms with Crippen LogP contribution in [0.25, 0.3) is 0 Å². The Labute approximate surface area is 152 Å². The SMILES string of the molecule is CN(C)C(CNC(=O)CCN1C(=O)COc2ccccc21)c1ccco1. The van der Waals surface area contributed by atoms with Crippen molar-refractivity contribution in [2.24, 2.45) is 0 Å². The molecule has 2 heterocycles. The number of rotatable bonds is 7. The van der Waals surface area contributed by atoms with Crippen LogP contribution in [0.2, 0.25) is 0 Å². The van der Waals surface area contributed by atoms with Gasteiger partial charge in [-0.25, -0.2) is 0 Å². The third kappa shape index (κ3) is 4.05. The molecule has 0 fully saturated rings. The summed E-state index contributed by atoms with van der Waals surface area (Å²) >= 11 is 0. The van der Waals surface area contributed by atoms with E-state index in [0.717, 1.165) is 5.76 Å². The van der Waals surface area contributed by atoms with Crippen molar-refractivity contribution in [1.29, 1.82) is 0 Å². The van der Waals surface area contributed by atoms with E-state index in [2.05, 4.69) is 5.32 Å². The molecule has 2 amide bonds. The first-order valence-corrected chi connectivity index (χ1v) is 8.55. The number of benzene rings is 1. The number of carbonyl (C=O) groups excluding carboxylic acids is 2. The highest BCUT2D eigenvalue weighted by molar-refractivity contribution is 5.98. The zero-order valence-electron chi connectivity index (χ0n) is 15.0. The van der Waals surface area contributed by atoms with Crippen LogP contribution >= 0.6 is 0 Å². The monoisotopic (exact) mass is 357 g/mol. The van der Waals surface area contributed by atoms with E-state index in [1.165, 1.54) is 0 Å². The van der Waals surface area contributed by atoms with Gasteiger partial charge in [-0.15, -0.1) is 0 Å². The van der Waals surface area contributed by atoms with E-state index in [9.17, 15) is 9.59 Å². The molecule has 1 N–H and O–H groups in total. The number of amides is 2. The van der Waals surface area contributed by atoms with E-state index < -0.39 is 0 Å². The lowest BCUT2D eigenvalue weighted by atomic mass is 10.2. The first-order valence-electron chi connectivity index (χ1n) is 8.55. The first-order chi connectivity index (χ1) is 12.6. The highest BCUT2D eigenvalue weighted by Crippen LogP contribution is 2.31. The average molecular weight is 357 g/mol. The summed E-state index contributed by atoms with van der Waals surface area (Å²) in [4.78, 5) is 28.0. The molecule has 2 aromatic rings. The number of furan rings is 1. The molecule has 0 saturated carbocycles. The Kier molecular flexibility index (Phi) is 5.58. The molecule has 1 atom stereocenters. The van der Waals surface area contributed by atoms with Gasteiger partial charge in [0, 0.05) is 19.5 Å². The number of likely N-dealkylation sites (N-methyl/N-ethyl adjacent to an activating group) is 1. The molecule has 7 heteroatoms. The number of hydrogen-bond donors (Lipinski definition) is 1. The van der Waals surface area contributed by atoms with Gasteiger partial charge in [0.2, 0.25) is 5.91 Å². The van der Waals surface area contributed by atoms with Crippen LogP contribution in [0.1, 0.15) is 18.2 Å². The van der Waals surface area contributed by atoms with Crippen molar-refractivity contribution in [3.63, 3.8) is 0 Å². The molecule has 0 saturated heterocycles. The van der Waals surface area contributed by atoms with Gasteiger partial charge >= 0.3 is 0 Å². The molecule has 26 heavy (non-hydrogen) atoms. The van der Waals surface area contributed by atoms with Gasteiger partial charge < -0.3 is 19.4 Å². The average Bonchev–Trinajstić information content (AvgIpc) is 3.15. The third-order valence-corrected chi connectivity index (χ3v) is 4.36. The summed E-state index contributed by atoms with van der Waals surface area (Å²) in [6.45, 7) is 0.755. The lowest BCUT2D eigenvalue weighted by Crippen LogP contribution is -2.41. The standard InChI is InChI=1S/C19H23N3O4/c1-21(2)15(17-8-5-11-25-17)12-20-18(23)9-10-22-14-6-3-4-7-16(14)26-13-19(22)24/h3-8,11,15H,9-10,12-13H2,1-2H3,(H,20,23). The first kappa shape index (κ1) is 18.0. The van der Waals surface area contributed by atoms with Crippen LogP contribution in [0.15, 0.2) is 47.1 Å². The molecule has 3 rings (SSSR count). The Hall–Kier alpha value is -2.80. The van der Waals surface area contributed by atoms with Gasteiger partial charge in [0.25, 0.3) is 5.91 Å². The number of nitrogens with zero attached hydrogens (tertiary/aromatic N) is 2. The van der Waals surface area contributed by atoms with Crippen molar-refractivity contribution in [2.75, 3.05) is 38.7 Å². The van der Waals surface area contributed by atoms with Gasteiger partial charge in [-0.1, -0.05) is 12.1 Å². The van der Waals surface area contributed by atoms with E-state index in [0.29, 0.717) is 24.5 Å². The molecule has 1 aliphatic rings. The smallest absolute Gasteiger partial charge is 0.265 e. The van der Waals surface area contributed by atoms with Crippen molar-refractivity contribution in [1.82, 2.24) is 10.2 Å². The molecular weight excluding hydrogens is 334 g/mol. The fourth-order valence-electron chi connectivity index (χ4n) is 2.93. The zero-order chi connectivity index (χ0) is 18.5. The summed E-state index contributed by atoms with van der Waals surface area (Å²) in [5.74, 6) is 1.21. The Bertz CT molecular complexity index is 758. The Balaban J connectivity index is 1.55. The second kappa shape index (κ2) is 8.05. The molecule has 138 valence electrons. The summed E-state index contributed by atoms with van der Waals surface area (Å²) in [7, 11) is 3.87. The molecular formula is C19H23N3O4. The number of ether oxygens (including phenoxy) is 1.